The molecule has 0 aromatic heterocycles. The van der Waals surface area contributed by atoms with Crippen molar-refractivity contribution < 1.29 is 14.2 Å². The normalized spacial score (nSPS) is 10.4. The number of ether oxygens (including phenoxy) is 1. The first kappa shape index (κ1) is 15.9. The van der Waals surface area contributed by atoms with Crippen molar-refractivity contribution in [1.82, 2.24) is 0 Å². The Morgan fingerprint density at radius 2 is 1.75 bits per heavy atom. The van der Waals surface area contributed by atoms with E-state index in [1.807, 2.05) is 36.4 Å². The van der Waals surface area contributed by atoms with Crippen LogP contribution in [0.1, 0.15) is 11.1 Å². The summed E-state index contributed by atoms with van der Waals surface area (Å²) in [5.41, 5.74) is 2.50. The van der Waals surface area contributed by atoms with E-state index in [0.29, 0.717) is 12.3 Å². The van der Waals surface area contributed by atoms with Crippen LogP contribution in [0.15, 0.2) is 72.8 Å². The predicted molar refractivity (Wildman–Crippen MR) is 92.6 cm³/mol. The number of aromatic hydroxyl groups is 1. The predicted octanol–water partition coefficient (Wildman–Crippen LogP) is 4.72. The molecule has 0 bridgehead atoms. The average Bonchev–Trinajstić information content (AvgIpc) is 2.60. The van der Waals surface area contributed by atoms with Crippen molar-refractivity contribution >= 4 is 5.69 Å². The molecule has 0 aliphatic heterocycles. The Balaban J connectivity index is 1.60. The number of hydrogen-bond donors (Lipinski definition) is 2. The molecule has 122 valence electrons. The number of rotatable bonds is 6. The second kappa shape index (κ2) is 7.51. The molecule has 0 aliphatic rings. The minimum Gasteiger partial charge on any atom is -0.507 e. The Kier molecular flexibility index (Phi) is 4.96. The van der Waals surface area contributed by atoms with Gasteiger partial charge in [0.15, 0.2) is 0 Å². The fourth-order valence-corrected chi connectivity index (χ4v) is 2.33. The van der Waals surface area contributed by atoms with Crippen molar-refractivity contribution in [2.24, 2.45) is 0 Å². The van der Waals surface area contributed by atoms with Gasteiger partial charge in [-0.3, -0.25) is 0 Å². The molecule has 3 rings (SSSR count). The average molecular weight is 323 g/mol. The summed E-state index contributed by atoms with van der Waals surface area (Å²) >= 11 is 0. The van der Waals surface area contributed by atoms with Gasteiger partial charge in [-0.1, -0.05) is 30.3 Å². The van der Waals surface area contributed by atoms with Crippen LogP contribution in [0, 0.1) is 5.82 Å². The fraction of sp³-hybridized carbons (Fsp3) is 0.100. The molecule has 0 saturated carbocycles. The summed E-state index contributed by atoms with van der Waals surface area (Å²) in [6, 6.07) is 21.2. The monoisotopic (exact) mass is 323 g/mol. The number of nitrogens with one attached hydrogen (secondary N) is 1. The zero-order valence-electron chi connectivity index (χ0n) is 13.1. The number of para-hydroxylation sites is 1. The number of benzene rings is 3. The largest absolute Gasteiger partial charge is 0.507 e. The molecule has 0 fully saturated rings. The van der Waals surface area contributed by atoms with Crippen molar-refractivity contribution in [1.29, 1.82) is 0 Å². The van der Waals surface area contributed by atoms with E-state index in [4.69, 9.17) is 4.74 Å². The molecule has 24 heavy (non-hydrogen) atoms. The Morgan fingerprint density at radius 3 is 2.50 bits per heavy atom. The third kappa shape index (κ3) is 4.26. The summed E-state index contributed by atoms with van der Waals surface area (Å²) in [7, 11) is 0. The highest BCUT2D eigenvalue weighted by molar-refractivity contribution is 5.46. The minimum absolute atomic E-state index is 0.162. The van der Waals surface area contributed by atoms with Gasteiger partial charge in [-0.05, 0) is 42.0 Å². The lowest BCUT2D eigenvalue weighted by atomic mass is 10.2. The maximum absolute atomic E-state index is 13.1. The van der Waals surface area contributed by atoms with E-state index in [2.05, 4.69) is 5.32 Å². The molecule has 0 radical (unpaired) electrons. The summed E-state index contributed by atoms with van der Waals surface area (Å²) < 4.78 is 18.7. The second-order valence-corrected chi connectivity index (χ2v) is 5.43. The topological polar surface area (TPSA) is 41.5 Å². The first-order chi connectivity index (χ1) is 11.7. The Bertz CT molecular complexity index is 806. The van der Waals surface area contributed by atoms with Crippen molar-refractivity contribution in [3.8, 4) is 11.5 Å². The van der Waals surface area contributed by atoms with Gasteiger partial charge in [0.1, 0.15) is 23.9 Å². The van der Waals surface area contributed by atoms with E-state index in [-0.39, 0.29) is 18.2 Å². The number of phenols is 1. The van der Waals surface area contributed by atoms with Crippen LogP contribution in [0.25, 0.3) is 0 Å². The van der Waals surface area contributed by atoms with Crippen LogP contribution in [-0.2, 0) is 13.2 Å². The standard InChI is InChI=1S/C20H18FNO2/c21-17-6-4-5-15(11-17)14-24-19-10-9-16(20(23)12-19)13-22-18-7-2-1-3-8-18/h1-12,22-23H,13-14H2. The molecule has 4 heteroatoms. The lowest BCUT2D eigenvalue weighted by molar-refractivity contribution is 0.303. The van der Waals surface area contributed by atoms with Gasteiger partial charge in [0.25, 0.3) is 0 Å². The van der Waals surface area contributed by atoms with Crippen LogP contribution in [0.3, 0.4) is 0 Å². The summed E-state index contributed by atoms with van der Waals surface area (Å²) in [4.78, 5) is 0. The molecule has 3 aromatic carbocycles. The molecular formula is C20H18FNO2. The molecule has 0 saturated heterocycles. The lowest BCUT2D eigenvalue weighted by Crippen LogP contribution is -2.00. The SMILES string of the molecule is Oc1cc(OCc2cccc(F)c2)ccc1CNc1ccccc1. The molecule has 0 unspecified atom stereocenters. The summed E-state index contributed by atoms with van der Waals surface area (Å²) in [6.45, 7) is 0.763. The van der Waals surface area contributed by atoms with Gasteiger partial charge in [0.05, 0.1) is 0 Å². The van der Waals surface area contributed by atoms with E-state index in [0.717, 1.165) is 16.8 Å². The zero-order chi connectivity index (χ0) is 16.8. The van der Waals surface area contributed by atoms with Gasteiger partial charge in [-0.25, -0.2) is 4.39 Å². The summed E-state index contributed by atoms with van der Waals surface area (Å²) in [5.74, 6) is 0.414. The van der Waals surface area contributed by atoms with E-state index >= 15 is 0 Å². The minimum atomic E-state index is -0.290. The van der Waals surface area contributed by atoms with Crippen molar-refractivity contribution in [2.45, 2.75) is 13.2 Å². The number of anilines is 1. The van der Waals surface area contributed by atoms with Gasteiger partial charge in [0, 0.05) is 23.9 Å². The maximum atomic E-state index is 13.1. The highest BCUT2D eigenvalue weighted by atomic mass is 19.1. The van der Waals surface area contributed by atoms with E-state index in [1.54, 1.807) is 24.3 Å². The molecule has 0 atom stereocenters. The Morgan fingerprint density at radius 1 is 0.917 bits per heavy atom. The number of halogens is 1. The second-order valence-electron chi connectivity index (χ2n) is 5.43. The first-order valence-electron chi connectivity index (χ1n) is 7.69. The molecule has 0 aliphatic carbocycles. The molecule has 0 heterocycles. The van der Waals surface area contributed by atoms with Crippen LogP contribution >= 0.6 is 0 Å². The third-order valence-corrected chi connectivity index (χ3v) is 3.61. The summed E-state index contributed by atoms with van der Waals surface area (Å²) in [5, 5.41) is 13.4. The van der Waals surface area contributed by atoms with Crippen LogP contribution in [0.5, 0.6) is 11.5 Å². The maximum Gasteiger partial charge on any atom is 0.124 e. The van der Waals surface area contributed by atoms with Crippen molar-refractivity contribution in [2.75, 3.05) is 5.32 Å². The molecule has 3 nitrogen and oxygen atoms in total. The molecular weight excluding hydrogens is 305 g/mol. The molecule has 0 spiro atoms. The van der Waals surface area contributed by atoms with Gasteiger partial charge < -0.3 is 15.2 Å². The van der Waals surface area contributed by atoms with Crippen molar-refractivity contribution in [3.05, 3.63) is 89.7 Å². The molecule has 0 amide bonds. The van der Waals surface area contributed by atoms with Gasteiger partial charge in [-0.2, -0.15) is 0 Å². The summed E-state index contributed by atoms with van der Waals surface area (Å²) in [6.07, 6.45) is 0. The Labute approximate surface area is 140 Å². The quantitative estimate of drug-likeness (QED) is 0.689. The number of phenolic OH excluding ortho intramolecular Hbond substituents is 1. The zero-order valence-corrected chi connectivity index (χ0v) is 13.1. The van der Waals surface area contributed by atoms with Crippen LogP contribution in [0.2, 0.25) is 0 Å². The van der Waals surface area contributed by atoms with Gasteiger partial charge >= 0.3 is 0 Å². The van der Waals surface area contributed by atoms with Crippen LogP contribution in [0.4, 0.5) is 10.1 Å². The van der Waals surface area contributed by atoms with Crippen LogP contribution < -0.4 is 10.1 Å². The fourth-order valence-electron chi connectivity index (χ4n) is 2.33. The van der Waals surface area contributed by atoms with E-state index in [1.165, 1.54) is 12.1 Å². The molecule has 3 aromatic rings. The Hall–Kier alpha value is -3.01. The highest BCUT2D eigenvalue weighted by Gasteiger charge is 2.04. The smallest absolute Gasteiger partial charge is 0.124 e. The first-order valence-corrected chi connectivity index (χ1v) is 7.69. The lowest BCUT2D eigenvalue weighted by Gasteiger charge is -2.11. The molecule has 2 N–H and O–H groups in total. The van der Waals surface area contributed by atoms with Crippen LogP contribution in [-0.4, -0.2) is 5.11 Å². The van der Waals surface area contributed by atoms with E-state index < -0.39 is 0 Å². The highest BCUT2D eigenvalue weighted by Crippen LogP contribution is 2.25. The van der Waals surface area contributed by atoms with Gasteiger partial charge in [-0.15, -0.1) is 0 Å². The van der Waals surface area contributed by atoms with Gasteiger partial charge in [0.2, 0.25) is 0 Å². The van der Waals surface area contributed by atoms with Crippen molar-refractivity contribution in [3.63, 3.8) is 0 Å². The van der Waals surface area contributed by atoms with E-state index in [9.17, 15) is 9.50 Å². The number of hydrogen-bond acceptors (Lipinski definition) is 3. The third-order valence-electron chi connectivity index (χ3n) is 3.61.